The van der Waals surface area contributed by atoms with E-state index >= 15 is 0 Å². The van der Waals surface area contributed by atoms with E-state index in [1.54, 1.807) is 0 Å². The van der Waals surface area contributed by atoms with E-state index in [2.05, 4.69) is 34.5 Å². The zero-order chi connectivity index (χ0) is 12.6. The Morgan fingerprint density at radius 3 is 2.89 bits per heavy atom. The molecule has 1 fully saturated rings. The van der Waals surface area contributed by atoms with Crippen LogP contribution >= 0.6 is 11.8 Å². The Morgan fingerprint density at radius 1 is 1.28 bits per heavy atom. The lowest BCUT2D eigenvalue weighted by atomic mass is 10.2. The van der Waals surface area contributed by atoms with Crippen LogP contribution in [0.1, 0.15) is 24.8 Å². The smallest absolute Gasteiger partial charge is 0.0202 e. The number of nitrogens with one attached hydrogen (secondary N) is 1. The molecular formula is C15H24N2S. The number of rotatable bonds is 7. The molecule has 0 amide bonds. The first kappa shape index (κ1) is 13.9. The molecule has 18 heavy (non-hydrogen) atoms. The zero-order valence-electron chi connectivity index (χ0n) is 11.3. The molecule has 3 heteroatoms. The fourth-order valence-corrected chi connectivity index (χ4v) is 3.35. The van der Waals surface area contributed by atoms with Crippen LogP contribution in [-0.2, 0) is 6.54 Å². The van der Waals surface area contributed by atoms with Crippen LogP contribution < -0.4 is 5.32 Å². The van der Waals surface area contributed by atoms with Crippen molar-refractivity contribution < 1.29 is 0 Å². The summed E-state index contributed by atoms with van der Waals surface area (Å²) >= 11 is 1.99. The fourth-order valence-electron chi connectivity index (χ4n) is 2.43. The molecule has 0 spiro atoms. The highest BCUT2D eigenvalue weighted by atomic mass is 32.2. The van der Waals surface area contributed by atoms with Gasteiger partial charge < -0.3 is 10.2 Å². The van der Waals surface area contributed by atoms with Gasteiger partial charge in [-0.3, -0.25) is 0 Å². The maximum atomic E-state index is 3.20. The first-order valence-corrected chi connectivity index (χ1v) is 7.96. The third-order valence-electron chi connectivity index (χ3n) is 3.37. The van der Waals surface area contributed by atoms with Crippen molar-refractivity contribution >= 4 is 11.8 Å². The first-order chi connectivity index (χ1) is 8.88. The number of hydrogen-bond donors (Lipinski definition) is 1. The molecule has 0 saturated carbocycles. The van der Waals surface area contributed by atoms with Crippen molar-refractivity contribution in [1.29, 1.82) is 0 Å². The summed E-state index contributed by atoms with van der Waals surface area (Å²) in [6, 6.07) is 8.87. The molecule has 1 aliphatic heterocycles. The van der Waals surface area contributed by atoms with Crippen LogP contribution in [-0.4, -0.2) is 37.3 Å². The highest BCUT2D eigenvalue weighted by Gasteiger charge is 2.10. The topological polar surface area (TPSA) is 15.3 Å². The van der Waals surface area contributed by atoms with Crippen LogP contribution in [0.25, 0.3) is 0 Å². The second-order valence-corrected chi connectivity index (χ2v) is 6.10. The number of benzene rings is 1. The minimum atomic E-state index is 0.960. The summed E-state index contributed by atoms with van der Waals surface area (Å²) in [5, 5.41) is 3.20. The van der Waals surface area contributed by atoms with Crippen LogP contribution in [0.15, 0.2) is 29.2 Å². The van der Waals surface area contributed by atoms with Crippen molar-refractivity contribution in [1.82, 2.24) is 10.2 Å². The zero-order valence-corrected chi connectivity index (χ0v) is 12.1. The second-order valence-electron chi connectivity index (χ2n) is 4.93. The minimum Gasteiger partial charge on any atom is -0.316 e. The second kappa shape index (κ2) is 7.82. The maximum absolute atomic E-state index is 3.20. The molecular weight excluding hydrogens is 240 g/mol. The predicted octanol–water partition coefficient (Wildman–Crippen LogP) is 2.98. The van der Waals surface area contributed by atoms with Gasteiger partial charge in [0, 0.05) is 11.4 Å². The molecule has 2 rings (SSSR count). The van der Waals surface area contributed by atoms with Gasteiger partial charge in [-0.05, 0) is 69.4 Å². The average Bonchev–Trinajstić information content (AvgIpc) is 2.89. The molecule has 1 aliphatic rings. The predicted molar refractivity (Wildman–Crippen MR) is 80.2 cm³/mol. The summed E-state index contributed by atoms with van der Waals surface area (Å²) < 4.78 is 0. The molecule has 1 aromatic rings. The lowest BCUT2D eigenvalue weighted by Gasteiger charge is -2.13. The fraction of sp³-hybridized carbons (Fsp3) is 0.600. The molecule has 0 radical (unpaired) electrons. The third-order valence-corrected chi connectivity index (χ3v) is 4.45. The van der Waals surface area contributed by atoms with Gasteiger partial charge in [0.15, 0.2) is 0 Å². The quantitative estimate of drug-likeness (QED) is 0.602. The van der Waals surface area contributed by atoms with E-state index in [4.69, 9.17) is 0 Å². The van der Waals surface area contributed by atoms with E-state index in [0.717, 1.165) is 6.54 Å². The molecule has 1 aromatic carbocycles. The summed E-state index contributed by atoms with van der Waals surface area (Å²) in [4.78, 5) is 4.00. The van der Waals surface area contributed by atoms with E-state index in [-0.39, 0.29) is 0 Å². The van der Waals surface area contributed by atoms with E-state index in [9.17, 15) is 0 Å². The van der Waals surface area contributed by atoms with E-state index in [1.807, 2.05) is 18.8 Å². The largest absolute Gasteiger partial charge is 0.316 e. The van der Waals surface area contributed by atoms with Crippen LogP contribution in [0.2, 0.25) is 0 Å². The number of thioether (sulfide) groups is 1. The number of hydrogen-bond acceptors (Lipinski definition) is 3. The summed E-state index contributed by atoms with van der Waals surface area (Å²) in [7, 11) is 2.00. The molecule has 2 nitrogen and oxygen atoms in total. The van der Waals surface area contributed by atoms with Gasteiger partial charge >= 0.3 is 0 Å². The molecule has 0 aromatic heterocycles. The lowest BCUT2D eigenvalue weighted by molar-refractivity contribution is 0.341. The van der Waals surface area contributed by atoms with Gasteiger partial charge in [-0.2, -0.15) is 0 Å². The highest BCUT2D eigenvalue weighted by Crippen LogP contribution is 2.20. The normalized spacial score (nSPS) is 16.3. The van der Waals surface area contributed by atoms with Gasteiger partial charge in [0.25, 0.3) is 0 Å². The maximum Gasteiger partial charge on any atom is 0.0202 e. The van der Waals surface area contributed by atoms with Crippen molar-refractivity contribution in [2.24, 2.45) is 0 Å². The summed E-state index contributed by atoms with van der Waals surface area (Å²) in [6.45, 7) is 4.88. The molecule has 0 unspecified atom stereocenters. The van der Waals surface area contributed by atoms with Crippen molar-refractivity contribution in [3.63, 3.8) is 0 Å². The Labute approximate surface area is 115 Å². The summed E-state index contributed by atoms with van der Waals surface area (Å²) in [6.07, 6.45) is 4.11. The Balaban J connectivity index is 1.67. The molecule has 0 atom stereocenters. The molecule has 1 N–H and O–H groups in total. The van der Waals surface area contributed by atoms with Crippen LogP contribution in [0.4, 0.5) is 0 Å². The Kier molecular flexibility index (Phi) is 6.05. The van der Waals surface area contributed by atoms with Crippen molar-refractivity contribution in [2.45, 2.75) is 30.7 Å². The van der Waals surface area contributed by atoms with E-state index < -0.39 is 0 Å². The van der Waals surface area contributed by atoms with Gasteiger partial charge in [-0.15, -0.1) is 11.8 Å². The molecule has 1 saturated heterocycles. The Hall–Kier alpha value is -0.510. The highest BCUT2D eigenvalue weighted by molar-refractivity contribution is 7.99. The SMILES string of the molecule is CNCc1cccc(SCCCN2CCCC2)c1. The molecule has 1 heterocycles. The summed E-state index contributed by atoms with van der Waals surface area (Å²) in [5.41, 5.74) is 1.38. The van der Waals surface area contributed by atoms with Gasteiger partial charge in [0.05, 0.1) is 0 Å². The van der Waals surface area contributed by atoms with Crippen molar-refractivity contribution in [3.05, 3.63) is 29.8 Å². The average molecular weight is 264 g/mol. The van der Waals surface area contributed by atoms with Crippen molar-refractivity contribution in [2.75, 3.05) is 32.4 Å². The lowest BCUT2D eigenvalue weighted by Crippen LogP contribution is -2.20. The van der Waals surface area contributed by atoms with Gasteiger partial charge in [-0.1, -0.05) is 12.1 Å². The van der Waals surface area contributed by atoms with Gasteiger partial charge in [0.2, 0.25) is 0 Å². The van der Waals surface area contributed by atoms with Gasteiger partial charge in [-0.25, -0.2) is 0 Å². The Morgan fingerprint density at radius 2 is 2.11 bits per heavy atom. The molecule has 0 aliphatic carbocycles. The molecule has 100 valence electrons. The number of nitrogens with zero attached hydrogens (tertiary/aromatic N) is 1. The third kappa shape index (κ3) is 4.63. The van der Waals surface area contributed by atoms with Gasteiger partial charge in [0.1, 0.15) is 0 Å². The first-order valence-electron chi connectivity index (χ1n) is 6.97. The molecule has 0 bridgehead atoms. The van der Waals surface area contributed by atoms with Crippen LogP contribution in [0, 0.1) is 0 Å². The van der Waals surface area contributed by atoms with Crippen LogP contribution in [0.5, 0.6) is 0 Å². The minimum absolute atomic E-state index is 0.960. The number of likely N-dealkylation sites (tertiary alicyclic amines) is 1. The summed E-state index contributed by atoms with van der Waals surface area (Å²) in [5.74, 6) is 1.24. The van der Waals surface area contributed by atoms with Crippen LogP contribution in [0.3, 0.4) is 0 Å². The Bertz CT molecular complexity index is 348. The standard InChI is InChI=1S/C15H24N2S/c1-16-13-14-6-4-7-15(12-14)18-11-5-10-17-8-2-3-9-17/h4,6-7,12,16H,2-3,5,8-11,13H2,1H3. The monoisotopic (exact) mass is 264 g/mol. The van der Waals surface area contributed by atoms with E-state index in [0.29, 0.717) is 0 Å². The van der Waals surface area contributed by atoms with E-state index in [1.165, 1.54) is 55.1 Å². The van der Waals surface area contributed by atoms with Crippen molar-refractivity contribution in [3.8, 4) is 0 Å².